The van der Waals surface area contributed by atoms with Gasteiger partial charge in [-0.2, -0.15) is 13.2 Å². The molecule has 0 bridgehead atoms. The molecule has 1 heterocycles. The van der Waals surface area contributed by atoms with Gasteiger partial charge in [0.2, 0.25) is 5.91 Å². The number of carbonyl (C=O) groups is 1. The van der Waals surface area contributed by atoms with Gasteiger partial charge >= 0.3 is 6.18 Å². The van der Waals surface area contributed by atoms with Crippen molar-refractivity contribution < 1.29 is 18.0 Å². The molecule has 6 nitrogen and oxygen atoms in total. The predicted molar refractivity (Wildman–Crippen MR) is 109 cm³/mol. The summed E-state index contributed by atoms with van der Waals surface area (Å²) in [4.78, 5) is 15.4. The number of halogens is 3. The van der Waals surface area contributed by atoms with Crippen LogP contribution in [0, 0.1) is 0 Å². The fourth-order valence-corrected chi connectivity index (χ4v) is 2.53. The maximum atomic E-state index is 13.4. The molecular formula is C20H24F3N5O. The number of carbonyl (C=O) groups excluding carboxylic acids is 1. The van der Waals surface area contributed by atoms with E-state index in [0.29, 0.717) is 11.4 Å². The Balaban J connectivity index is 2.21. The molecule has 2 rings (SSSR count). The topological polar surface area (TPSA) is 77.5 Å². The Kier molecular flexibility index (Phi) is 7.60. The van der Waals surface area contributed by atoms with Crippen LogP contribution in [0.25, 0.3) is 0 Å². The molecule has 156 valence electrons. The number of benzene rings is 1. The van der Waals surface area contributed by atoms with Crippen molar-refractivity contribution in [1.29, 1.82) is 0 Å². The minimum Gasteiger partial charge on any atom is -0.341 e. The number of allylic oxidation sites excluding steroid dienone is 2. The summed E-state index contributed by atoms with van der Waals surface area (Å²) in [6.45, 7) is 7.24. The lowest BCUT2D eigenvalue weighted by Gasteiger charge is -2.28. The highest BCUT2D eigenvalue weighted by Gasteiger charge is 2.38. The van der Waals surface area contributed by atoms with E-state index in [9.17, 15) is 18.0 Å². The van der Waals surface area contributed by atoms with Crippen molar-refractivity contribution in [3.05, 3.63) is 60.5 Å². The third-order valence-corrected chi connectivity index (χ3v) is 3.87. The second-order valence-corrected chi connectivity index (χ2v) is 6.30. The van der Waals surface area contributed by atoms with E-state index in [-0.39, 0.29) is 11.9 Å². The van der Waals surface area contributed by atoms with Gasteiger partial charge in [-0.1, -0.05) is 31.7 Å². The molecule has 2 unspecified atom stereocenters. The number of alkyl halides is 3. The maximum Gasteiger partial charge on any atom is 0.421 e. The molecule has 0 spiro atoms. The molecule has 0 saturated carbocycles. The van der Waals surface area contributed by atoms with Crippen LogP contribution in [-0.2, 0) is 4.79 Å². The zero-order valence-electron chi connectivity index (χ0n) is 16.2. The van der Waals surface area contributed by atoms with E-state index in [1.165, 1.54) is 6.07 Å². The van der Waals surface area contributed by atoms with Gasteiger partial charge in [-0.15, -0.1) is 0 Å². The molecule has 4 N–H and O–H groups in total. The zero-order valence-corrected chi connectivity index (χ0v) is 16.2. The van der Waals surface area contributed by atoms with Crippen LogP contribution in [0.2, 0.25) is 0 Å². The molecule has 1 amide bonds. The molecule has 0 aliphatic carbocycles. The number of nitrogens with zero attached hydrogens (tertiary/aromatic N) is 1. The molecule has 1 aromatic rings. The highest BCUT2D eigenvalue weighted by atomic mass is 19.4. The van der Waals surface area contributed by atoms with E-state index in [1.54, 1.807) is 18.2 Å². The van der Waals surface area contributed by atoms with Crippen LogP contribution >= 0.6 is 0 Å². The molecule has 1 aliphatic heterocycles. The number of hydrogen-bond donors (Lipinski definition) is 4. The van der Waals surface area contributed by atoms with Gasteiger partial charge in [0.15, 0.2) is 6.29 Å². The van der Waals surface area contributed by atoms with Crippen LogP contribution in [0.5, 0.6) is 0 Å². The van der Waals surface area contributed by atoms with E-state index in [0.717, 1.165) is 18.7 Å². The monoisotopic (exact) mass is 407 g/mol. The normalized spacial score (nSPS) is 17.8. The van der Waals surface area contributed by atoms with Crippen molar-refractivity contribution in [1.82, 2.24) is 10.6 Å². The van der Waals surface area contributed by atoms with Crippen LogP contribution in [0.4, 0.5) is 24.5 Å². The lowest BCUT2D eigenvalue weighted by Crippen LogP contribution is -2.48. The Bertz CT molecular complexity index is 830. The quantitative estimate of drug-likeness (QED) is 0.389. The van der Waals surface area contributed by atoms with Crippen LogP contribution in [0.3, 0.4) is 0 Å². The highest BCUT2D eigenvalue weighted by molar-refractivity contribution is 5.99. The Morgan fingerprint density at radius 1 is 1.38 bits per heavy atom. The summed E-state index contributed by atoms with van der Waals surface area (Å²) in [5.74, 6) is -0.650. The number of rotatable bonds is 8. The first-order valence-electron chi connectivity index (χ1n) is 9.07. The van der Waals surface area contributed by atoms with Crippen molar-refractivity contribution in [2.24, 2.45) is 4.99 Å². The summed E-state index contributed by atoms with van der Waals surface area (Å²) in [7, 11) is 0. The van der Waals surface area contributed by atoms with Crippen LogP contribution in [0.1, 0.15) is 20.3 Å². The van der Waals surface area contributed by atoms with Crippen molar-refractivity contribution in [3.8, 4) is 0 Å². The summed E-state index contributed by atoms with van der Waals surface area (Å²) < 4.78 is 40.3. The van der Waals surface area contributed by atoms with E-state index >= 15 is 0 Å². The summed E-state index contributed by atoms with van der Waals surface area (Å²) >= 11 is 0. The van der Waals surface area contributed by atoms with E-state index in [2.05, 4.69) is 32.8 Å². The number of hydrogen-bond acceptors (Lipinski definition) is 5. The first-order chi connectivity index (χ1) is 13.7. The average molecular weight is 407 g/mol. The van der Waals surface area contributed by atoms with Crippen LogP contribution in [-0.4, -0.2) is 30.6 Å². The third kappa shape index (κ3) is 6.79. The zero-order chi connectivity index (χ0) is 21.4. The van der Waals surface area contributed by atoms with Gasteiger partial charge in [-0.25, -0.2) is 0 Å². The van der Waals surface area contributed by atoms with Crippen molar-refractivity contribution >= 4 is 23.5 Å². The number of anilines is 2. The summed E-state index contributed by atoms with van der Waals surface area (Å²) in [5.41, 5.74) is -0.136. The van der Waals surface area contributed by atoms with Gasteiger partial charge in [0.25, 0.3) is 0 Å². The molecule has 9 heteroatoms. The Hall–Kier alpha value is -3.07. The summed E-state index contributed by atoms with van der Waals surface area (Å²) in [5, 5.41) is 11.1. The fraction of sp³-hybridized carbons (Fsp3) is 0.300. The molecule has 0 aromatic heterocycles. The first-order valence-corrected chi connectivity index (χ1v) is 9.07. The van der Waals surface area contributed by atoms with Gasteiger partial charge in [-0.3, -0.25) is 15.1 Å². The Morgan fingerprint density at radius 3 is 2.76 bits per heavy atom. The maximum absolute atomic E-state index is 13.4. The van der Waals surface area contributed by atoms with Crippen molar-refractivity contribution in [2.45, 2.75) is 38.8 Å². The van der Waals surface area contributed by atoms with Crippen molar-refractivity contribution in [2.75, 3.05) is 10.6 Å². The highest BCUT2D eigenvalue weighted by Crippen LogP contribution is 2.29. The lowest BCUT2D eigenvalue weighted by molar-refractivity contribution is -0.111. The second-order valence-electron chi connectivity index (χ2n) is 6.30. The molecule has 1 aromatic carbocycles. The first kappa shape index (κ1) is 22.2. The van der Waals surface area contributed by atoms with Crippen molar-refractivity contribution in [3.63, 3.8) is 0 Å². The van der Waals surface area contributed by atoms with E-state index < -0.39 is 23.9 Å². The number of amides is 1. The van der Waals surface area contributed by atoms with Gasteiger partial charge in [0, 0.05) is 23.6 Å². The van der Waals surface area contributed by atoms with Gasteiger partial charge in [-0.05, 0) is 37.6 Å². The molecule has 2 atom stereocenters. The van der Waals surface area contributed by atoms with Crippen LogP contribution in [0.15, 0.2) is 65.5 Å². The predicted octanol–water partition coefficient (Wildman–Crippen LogP) is 3.90. The smallest absolute Gasteiger partial charge is 0.341 e. The molecule has 0 fully saturated rings. The standard InChI is InChI=1S/C20H24F3N5O/c1-4-6-8-13(3)25-19-24-12-16(20(21,22)23)18(28-19)27-15-10-7-9-14(11-15)26-17(29)5-2/h5-13,19,25,27-28H,2,4H2,1,3H3,(H,26,29)/b8-6-. The SMILES string of the molecule is C=CC(=O)Nc1cccc(NC2=C(C(F)(F)F)C=NC(NC(C)/C=C\CC)N2)c1. The molecule has 1 aliphatic rings. The van der Waals surface area contributed by atoms with Gasteiger partial charge in [0.05, 0.1) is 0 Å². The number of aliphatic imine (C=N–C) groups is 1. The largest absolute Gasteiger partial charge is 0.421 e. The van der Waals surface area contributed by atoms with Gasteiger partial charge < -0.3 is 16.0 Å². The minimum absolute atomic E-state index is 0.0873. The van der Waals surface area contributed by atoms with Crippen LogP contribution < -0.4 is 21.3 Å². The molecule has 0 radical (unpaired) electrons. The molecule has 29 heavy (non-hydrogen) atoms. The average Bonchev–Trinajstić information content (AvgIpc) is 2.65. The minimum atomic E-state index is -4.59. The molecular weight excluding hydrogens is 383 g/mol. The molecule has 0 saturated heterocycles. The second kappa shape index (κ2) is 9.92. The summed E-state index contributed by atoms with van der Waals surface area (Å²) in [6, 6.07) is 6.25. The Labute approximate surface area is 167 Å². The van der Waals surface area contributed by atoms with E-state index in [4.69, 9.17) is 0 Å². The fourth-order valence-electron chi connectivity index (χ4n) is 2.53. The third-order valence-electron chi connectivity index (χ3n) is 3.87. The lowest BCUT2D eigenvalue weighted by atomic mass is 10.2. The van der Waals surface area contributed by atoms with Gasteiger partial charge in [0.1, 0.15) is 11.4 Å². The Morgan fingerprint density at radius 2 is 2.10 bits per heavy atom. The number of nitrogens with one attached hydrogen (secondary N) is 4. The van der Waals surface area contributed by atoms with E-state index in [1.807, 2.05) is 26.0 Å². The summed E-state index contributed by atoms with van der Waals surface area (Å²) in [6.07, 6.45) is 1.32.